The van der Waals surface area contributed by atoms with Crippen LogP contribution in [0.1, 0.15) is 12.5 Å². The molecule has 0 saturated carbocycles. The highest BCUT2D eigenvalue weighted by Crippen LogP contribution is 2.09. The molecule has 10 heteroatoms. The number of rotatable bonds is 3. The van der Waals surface area contributed by atoms with E-state index in [1.165, 1.54) is 19.2 Å². The number of urea groups is 1. The van der Waals surface area contributed by atoms with E-state index in [0.29, 0.717) is 5.70 Å². The van der Waals surface area contributed by atoms with Crippen molar-refractivity contribution in [3.8, 4) is 0 Å². The van der Waals surface area contributed by atoms with Crippen LogP contribution in [-0.2, 0) is 14.8 Å². The number of hydrogen-bond donors (Lipinski definition) is 3. The van der Waals surface area contributed by atoms with Crippen LogP contribution in [0.4, 0.5) is 4.79 Å². The number of aryl methyl sites for hydroxylation is 1. The maximum Gasteiger partial charge on any atom is 0.350 e. The molecule has 0 saturated heterocycles. The molecule has 0 unspecified atom stereocenters. The minimum absolute atomic E-state index is 0.0120. The van der Waals surface area contributed by atoms with Crippen LogP contribution in [0.2, 0.25) is 0 Å². The maximum absolute atomic E-state index is 12.1. The van der Waals surface area contributed by atoms with Crippen LogP contribution in [0.3, 0.4) is 0 Å². The molecule has 0 aromatic heterocycles. The van der Waals surface area contributed by atoms with Crippen LogP contribution in [-0.4, -0.2) is 32.7 Å². The Balaban J connectivity index is 2.03. The van der Waals surface area contributed by atoms with Gasteiger partial charge in [-0.15, -0.1) is 5.23 Å². The average molecular weight is 339 g/mol. The fourth-order valence-corrected chi connectivity index (χ4v) is 2.61. The zero-order valence-corrected chi connectivity index (χ0v) is 13.6. The van der Waals surface area contributed by atoms with E-state index in [-0.39, 0.29) is 10.8 Å². The Morgan fingerprint density at radius 2 is 1.91 bits per heavy atom. The first kappa shape index (κ1) is 16.6. The first-order valence-electron chi connectivity index (χ1n) is 6.58. The van der Waals surface area contributed by atoms with Crippen molar-refractivity contribution in [3.05, 3.63) is 41.6 Å². The third-order valence-electron chi connectivity index (χ3n) is 2.80. The highest BCUT2D eigenvalue weighted by molar-refractivity contribution is 7.90. The number of nitrogens with one attached hydrogen (secondary N) is 3. The Hall–Kier alpha value is -2.75. The summed E-state index contributed by atoms with van der Waals surface area (Å²) in [5.74, 6) is 0.253. The molecule has 0 atom stereocenters. The van der Waals surface area contributed by atoms with Crippen molar-refractivity contribution in [2.45, 2.75) is 18.7 Å². The van der Waals surface area contributed by atoms with E-state index < -0.39 is 16.1 Å². The number of carbonyl (C=O) groups excluding carboxylic acids is 1. The van der Waals surface area contributed by atoms with Gasteiger partial charge in [0.15, 0.2) is 0 Å². The molecular formula is C13H17N5O4S. The van der Waals surface area contributed by atoms with Gasteiger partial charge in [0, 0.05) is 11.8 Å². The van der Waals surface area contributed by atoms with Gasteiger partial charge in [0.2, 0.25) is 5.90 Å². The van der Waals surface area contributed by atoms with Gasteiger partial charge in [0.05, 0.1) is 12.0 Å². The standard InChI is InChI=1S/C13H17N5O4S/c1-9-4-6-11(7-5-9)23(20,21)17-13(19)16-18-14-10(2)8-12(15-18)22-3/h4-8,14H,1-3H3,(H2,16,17,19). The van der Waals surface area contributed by atoms with Crippen molar-refractivity contribution in [2.24, 2.45) is 5.10 Å². The lowest BCUT2D eigenvalue weighted by molar-refractivity contribution is 0.138. The highest BCUT2D eigenvalue weighted by atomic mass is 32.2. The number of hydrazine groups is 2. The molecule has 0 radical (unpaired) electrons. The van der Waals surface area contributed by atoms with Crippen LogP contribution in [0.25, 0.3) is 0 Å². The molecule has 2 rings (SSSR count). The predicted molar refractivity (Wildman–Crippen MR) is 83.2 cm³/mol. The van der Waals surface area contributed by atoms with E-state index in [4.69, 9.17) is 4.74 Å². The van der Waals surface area contributed by atoms with Gasteiger partial charge >= 0.3 is 6.03 Å². The summed E-state index contributed by atoms with van der Waals surface area (Å²) in [5, 5.41) is 4.83. The number of nitrogens with zero attached hydrogens (tertiary/aromatic N) is 2. The van der Waals surface area contributed by atoms with Gasteiger partial charge in [0.1, 0.15) is 0 Å². The number of methoxy groups -OCH3 is 1. The van der Waals surface area contributed by atoms with E-state index in [2.05, 4.69) is 16.0 Å². The lowest BCUT2D eigenvalue weighted by Crippen LogP contribution is -2.53. The van der Waals surface area contributed by atoms with Crippen molar-refractivity contribution in [1.82, 2.24) is 20.8 Å². The minimum Gasteiger partial charge on any atom is -0.480 e. The zero-order valence-electron chi connectivity index (χ0n) is 12.8. The second-order valence-electron chi connectivity index (χ2n) is 4.75. The second-order valence-corrected chi connectivity index (χ2v) is 6.44. The molecule has 23 heavy (non-hydrogen) atoms. The average Bonchev–Trinajstić information content (AvgIpc) is 2.46. The largest absolute Gasteiger partial charge is 0.480 e. The number of carbonyl (C=O) groups is 1. The van der Waals surface area contributed by atoms with Crippen molar-refractivity contribution in [2.75, 3.05) is 7.11 Å². The quantitative estimate of drug-likeness (QED) is 0.743. The number of amides is 2. The van der Waals surface area contributed by atoms with Crippen LogP contribution in [0.5, 0.6) is 0 Å². The SMILES string of the molecule is COC1=NN(NC(=O)NS(=O)(=O)c2ccc(C)cc2)NC(C)=C1. The van der Waals surface area contributed by atoms with Gasteiger partial charge in [-0.3, -0.25) is 5.43 Å². The fourth-order valence-electron chi connectivity index (χ4n) is 1.71. The van der Waals surface area contributed by atoms with Crippen LogP contribution in [0.15, 0.2) is 46.0 Å². The van der Waals surface area contributed by atoms with E-state index in [9.17, 15) is 13.2 Å². The smallest absolute Gasteiger partial charge is 0.350 e. The summed E-state index contributed by atoms with van der Waals surface area (Å²) in [7, 11) is -2.55. The number of benzene rings is 1. The first-order valence-corrected chi connectivity index (χ1v) is 8.06. The molecule has 1 heterocycles. The van der Waals surface area contributed by atoms with Crippen LogP contribution in [0, 0.1) is 6.92 Å². The lowest BCUT2D eigenvalue weighted by Gasteiger charge is -2.24. The Kier molecular flexibility index (Phi) is 4.74. The molecule has 0 fully saturated rings. The van der Waals surface area contributed by atoms with Gasteiger partial charge in [-0.05, 0) is 26.0 Å². The first-order chi connectivity index (χ1) is 10.8. The molecule has 0 spiro atoms. The van der Waals surface area contributed by atoms with E-state index in [0.717, 1.165) is 10.8 Å². The summed E-state index contributed by atoms with van der Waals surface area (Å²) in [6.45, 7) is 3.56. The van der Waals surface area contributed by atoms with E-state index >= 15 is 0 Å². The molecule has 2 amide bonds. The summed E-state index contributed by atoms with van der Waals surface area (Å²) in [6.07, 6.45) is 1.61. The number of sulfonamides is 1. The lowest BCUT2D eigenvalue weighted by atomic mass is 10.2. The van der Waals surface area contributed by atoms with Crippen molar-refractivity contribution < 1.29 is 17.9 Å². The summed E-state index contributed by atoms with van der Waals surface area (Å²) in [4.78, 5) is 11.8. The second kappa shape index (κ2) is 6.57. The topological polar surface area (TPSA) is 112 Å². The number of ether oxygens (including phenoxy) is 1. The van der Waals surface area contributed by atoms with Crippen molar-refractivity contribution in [1.29, 1.82) is 0 Å². The summed E-state index contributed by atoms with van der Waals surface area (Å²) in [5.41, 5.74) is 6.50. The molecule has 1 aliphatic rings. The van der Waals surface area contributed by atoms with Gasteiger partial charge < -0.3 is 4.74 Å². The van der Waals surface area contributed by atoms with Crippen LogP contribution >= 0.6 is 0 Å². The van der Waals surface area contributed by atoms with Crippen molar-refractivity contribution in [3.63, 3.8) is 0 Å². The third-order valence-corrected chi connectivity index (χ3v) is 4.14. The fraction of sp³-hybridized carbons (Fsp3) is 0.231. The zero-order chi connectivity index (χ0) is 17.0. The highest BCUT2D eigenvalue weighted by Gasteiger charge is 2.20. The number of hydrazone groups is 1. The third kappa shape index (κ3) is 4.36. The summed E-state index contributed by atoms with van der Waals surface area (Å²) < 4.78 is 31.1. The van der Waals surface area contributed by atoms with E-state index in [1.54, 1.807) is 25.1 Å². The molecule has 0 bridgehead atoms. The Labute approximate surface area is 134 Å². The van der Waals surface area contributed by atoms with Gasteiger partial charge in [-0.2, -0.15) is 0 Å². The molecule has 1 aliphatic heterocycles. The Morgan fingerprint density at radius 1 is 1.26 bits per heavy atom. The van der Waals surface area contributed by atoms with Gasteiger partial charge in [-0.1, -0.05) is 22.8 Å². The molecular weight excluding hydrogens is 322 g/mol. The molecule has 1 aromatic rings. The minimum atomic E-state index is -3.97. The summed E-state index contributed by atoms with van der Waals surface area (Å²) in [6, 6.07) is 5.15. The number of hydrogen-bond acceptors (Lipinski definition) is 7. The maximum atomic E-state index is 12.1. The van der Waals surface area contributed by atoms with Gasteiger partial charge in [0.25, 0.3) is 10.0 Å². The summed E-state index contributed by atoms with van der Waals surface area (Å²) >= 11 is 0. The van der Waals surface area contributed by atoms with Crippen molar-refractivity contribution >= 4 is 22.0 Å². The normalized spacial score (nSPS) is 14.3. The van der Waals surface area contributed by atoms with Gasteiger partial charge in [-0.25, -0.2) is 23.4 Å². The molecule has 124 valence electrons. The molecule has 0 aliphatic carbocycles. The monoisotopic (exact) mass is 339 g/mol. The van der Waals surface area contributed by atoms with E-state index in [1.807, 2.05) is 11.6 Å². The Morgan fingerprint density at radius 3 is 2.52 bits per heavy atom. The predicted octanol–water partition coefficient (Wildman–Crippen LogP) is 0.582. The molecule has 3 N–H and O–H groups in total. The molecule has 9 nitrogen and oxygen atoms in total. The number of allylic oxidation sites excluding steroid dienone is 1. The van der Waals surface area contributed by atoms with Crippen LogP contribution < -0.4 is 15.6 Å². The molecule has 1 aromatic carbocycles. The Bertz CT molecular complexity index is 755.